The Hall–Kier alpha value is -8.44. The standard InChI is InChI=1S/C24H41N4O4.C16H29N3O4.C15H28N4O4.C12H21N4O3.C11H21NO2.C10H17NO4.2W/c1-16(2)15-19(25-5)13-12-17(3)24(32)28-14-8-11-21(28)23(31)27-20(22(30)26-6)10-7-9-18(4)29;1-6-8-11(13(20)17-5)18-14(21)12-9-7-10-19(12)15(22)23-16(2,3)4;1-15(2,3)23-14(22)19-9-5-6-11(19)13(21)18-10(7-8-16)12(20)17-4;1-8(17)14-7-5-10(11(18)13-2)16-12(19)9-4-3-6-15-9;1-8(2)7-10(12-4)6-5-9(3)11(13)14;1-10(2,3)15-9(14)11-6-4-5-7(11)8(12)13;;/h12-13,16-17,19-21,25H,4,7-11,14-15H2,1-3,5-6H3,(H,26,30)(H,27,31);11-12H,6-10H2,1-5H3,(H,17,20)(H,18,21);10-11H,5-9,16H2,1-4H3,(H,17,20)(H,18,21);9-10,15H,1,3-7H2,2H3,(H,13,18)(H,14,17)(H,16,19);5-6,8-10,12H,7H2,1-4H3,(H,13,14);7H,4-6H2,1-3H3,(H,12,13);;/q-1;;;-1;;;;/b13-12+;;;;6-5+;;;/t17-,19+,20-,21?;11-,12?;10-,11?;9?,10-;9-,10+;;;/m00000.../s1. The van der Waals surface area contributed by atoms with Crippen LogP contribution in [0.5, 0.6) is 0 Å². The number of carboxylic acids is 2. The summed E-state index contributed by atoms with van der Waals surface area (Å²) in [4.78, 5) is 195. The number of nitrogens with zero attached hydrogens (tertiary/aromatic N) is 4. The van der Waals surface area contributed by atoms with E-state index < -0.39 is 107 Å². The number of carboxylic acid groups (broad SMARTS) is 2. The molecule has 13 amide bonds. The minimum Gasteiger partial charge on any atom is -0.481 e. The molecule has 5 unspecified atom stereocenters. The van der Waals surface area contributed by atoms with Crippen molar-refractivity contribution in [1.29, 1.82) is 0 Å². The van der Waals surface area contributed by atoms with E-state index in [1.165, 1.54) is 35.8 Å². The quantitative estimate of drug-likeness (QED) is 0.0230. The fourth-order valence-electron chi connectivity index (χ4n) is 13.7. The number of likely N-dealkylation sites (tertiary alicyclic amines) is 4. The van der Waals surface area contributed by atoms with Crippen LogP contribution >= 0.6 is 0 Å². The zero-order valence-electron chi connectivity index (χ0n) is 80.1. The van der Waals surface area contributed by atoms with Gasteiger partial charge < -0.3 is 122 Å². The molecule has 13 atom stereocenters. The molecule has 0 aromatic rings. The summed E-state index contributed by atoms with van der Waals surface area (Å²) < 4.78 is 15.8. The van der Waals surface area contributed by atoms with Gasteiger partial charge in [-0.25, -0.2) is 19.2 Å². The van der Waals surface area contributed by atoms with E-state index in [9.17, 15) is 76.7 Å². The number of nitrogens with one attached hydrogen (secondary N) is 12. The number of rotatable bonds is 36. The number of amides is 13. The average molecular weight is 2160 g/mol. The van der Waals surface area contributed by atoms with Crippen molar-refractivity contribution >= 4 is 95.1 Å². The molecular weight excluding hydrogens is 2000 g/mol. The maximum absolute atomic E-state index is 13.1. The van der Waals surface area contributed by atoms with Crippen molar-refractivity contribution in [2.45, 2.75) is 316 Å². The number of Topliss-reactive ketones (excluding diaryl/α,β-unsaturated/α-hetero) is 1. The van der Waals surface area contributed by atoms with Crippen LogP contribution in [0.4, 0.5) is 14.4 Å². The van der Waals surface area contributed by atoms with Gasteiger partial charge in [-0.3, -0.25) is 62.6 Å². The fraction of sp³-hybridized carbons (Fsp3) is 0.750. The molecule has 0 aromatic heterocycles. The summed E-state index contributed by atoms with van der Waals surface area (Å²) in [6.07, 6.45) is 18.0. The first kappa shape index (κ1) is 124. The third-order valence-corrected chi connectivity index (χ3v) is 20.2. The number of nitrogens with two attached hydrogens (primary N) is 1. The summed E-state index contributed by atoms with van der Waals surface area (Å²) in [6.45, 7) is 39.9. The van der Waals surface area contributed by atoms with Gasteiger partial charge in [-0.05, 0) is 230 Å². The van der Waals surface area contributed by atoms with Gasteiger partial charge in [0, 0.05) is 115 Å². The van der Waals surface area contributed by atoms with Crippen LogP contribution in [-0.4, -0.2) is 296 Å². The number of ether oxygens (including phenoxy) is 3. The van der Waals surface area contributed by atoms with E-state index in [0.717, 1.165) is 64.3 Å². The van der Waals surface area contributed by atoms with Crippen molar-refractivity contribution < 1.29 is 143 Å². The molecule has 734 valence electrons. The van der Waals surface area contributed by atoms with Crippen LogP contribution in [0.2, 0.25) is 0 Å². The number of aliphatic carboxylic acids is 2. The second-order valence-corrected chi connectivity index (χ2v) is 35.5. The average Bonchev–Trinajstić information content (AvgIpc) is 1.69. The van der Waals surface area contributed by atoms with E-state index in [-0.39, 0.29) is 138 Å². The minimum atomic E-state index is -0.960. The van der Waals surface area contributed by atoms with Crippen LogP contribution in [0.3, 0.4) is 0 Å². The number of carbonyl (C=O) groups is 16. The molecule has 0 aliphatic carbocycles. The number of likely N-dealkylation sites (N-methyl/N-ethyl adjacent to an activating group) is 6. The summed E-state index contributed by atoms with van der Waals surface area (Å²) in [6, 6.07) is -4.91. The normalized spacial score (nSPS) is 18.8. The number of hydrogen-bond acceptors (Lipinski definition) is 23. The molecule has 5 heterocycles. The number of ketones is 1. The van der Waals surface area contributed by atoms with Crippen molar-refractivity contribution in [2.24, 2.45) is 29.4 Å². The minimum absolute atomic E-state index is 0. The van der Waals surface area contributed by atoms with Crippen LogP contribution in [-0.2, 0) is 119 Å². The molecule has 0 radical (unpaired) electrons. The van der Waals surface area contributed by atoms with E-state index >= 15 is 0 Å². The third kappa shape index (κ3) is 50.7. The van der Waals surface area contributed by atoms with Crippen LogP contribution in [0.15, 0.2) is 24.3 Å². The zero-order valence-corrected chi connectivity index (χ0v) is 86.0. The van der Waals surface area contributed by atoms with Gasteiger partial charge >= 0.3 is 30.2 Å². The molecule has 0 saturated carbocycles. The molecule has 16 N–H and O–H groups in total. The third-order valence-electron chi connectivity index (χ3n) is 20.2. The van der Waals surface area contributed by atoms with Crippen LogP contribution in [0.1, 0.15) is 233 Å². The number of carbonyl (C=O) groups excluding carboxylic acids is 14. The maximum atomic E-state index is 13.1. The molecule has 128 heavy (non-hydrogen) atoms. The van der Waals surface area contributed by atoms with E-state index in [2.05, 4.69) is 105 Å². The summed E-state index contributed by atoms with van der Waals surface area (Å²) >= 11 is 0. The topological polar surface area (TPSA) is 525 Å². The Morgan fingerprint density at radius 3 is 1.12 bits per heavy atom. The number of hydrogen-bond donors (Lipinski definition) is 15. The van der Waals surface area contributed by atoms with Gasteiger partial charge in [0.15, 0.2) is 0 Å². The molecule has 0 bridgehead atoms. The monoisotopic (exact) mass is 2160 g/mol. The SMILES string of the molecule is CC(C)(C)OC(=O)N1CCCC1C(=O)O.CCC[C@H](NC(=O)C1CCCN1C(=O)OC(C)(C)C)C(=O)NC.CNC(=O)[C@H](CCN)NC(=O)C1CCCN1C(=O)OC(C)(C)C.CN[C@H](/C=C/[C@H](C)C(=O)O)CC(C)C.[CH2-]C(=O)CCC[C@H](NC(=O)C1CCCN1C(=O)[C@@H](C)/C=C/[C@H](CC(C)C)NC)C(=O)NC.[CH2-]C(=O)NCC[C@H](NC(=O)C1CCCN1)C(=O)NC.[W].[W]. The Morgan fingerprint density at radius 2 is 0.805 bits per heavy atom. The van der Waals surface area contributed by atoms with Gasteiger partial charge in [-0.1, -0.05) is 72.3 Å². The van der Waals surface area contributed by atoms with Gasteiger partial charge in [-0.15, -0.1) is 0 Å². The van der Waals surface area contributed by atoms with E-state index in [1.54, 1.807) is 87.3 Å². The van der Waals surface area contributed by atoms with Gasteiger partial charge in [0.25, 0.3) is 0 Å². The molecule has 5 aliphatic rings. The second kappa shape index (κ2) is 64.4. The Morgan fingerprint density at radius 1 is 0.461 bits per heavy atom. The first-order valence-corrected chi connectivity index (χ1v) is 44.2. The van der Waals surface area contributed by atoms with E-state index in [1.807, 2.05) is 46.2 Å². The fourth-order valence-corrected chi connectivity index (χ4v) is 13.7. The summed E-state index contributed by atoms with van der Waals surface area (Å²) in [5.41, 5.74) is 3.68. The molecule has 5 aliphatic heterocycles. The van der Waals surface area contributed by atoms with Crippen molar-refractivity contribution in [2.75, 3.05) is 88.1 Å². The zero-order chi connectivity index (χ0) is 96.5. The molecule has 5 fully saturated rings. The second-order valence-electron chi connectivity index (χ2n) is 35.5. The van der Waals surface area contributed by atoms with Crippen molar-refractivity contribution in [3.05, 3.63) is 38.2 Å². The molecule has 5 rings (SSSR count). The van der Waals surface area contributed by atoms with Gasteiger partial charge in [0.1, 0.15) is 65.1 Å². The molecule has 0 spiro atoms. The first-order valence-electron chi connectivity index (χ1n) is 44.2. The maximum Gasteiger partial charge on any atom is 0.411 e. The Kier molecular flexibility index (Phi) is 62.2. The van der Waals surface area contributed by atoms with Crippen LogP contribution < -0.4 is 69.5 Å². The van der Waals surface area contributed by atoms with Gasteiger partial charge in [0.2, 0.25) is 53.2 Å². The van der Waals surface area contributed by atoms with Crippen LogP contribution in [0.25, 0.3) is 0 Å². The Bertz CT molecular complexity index is 3430. The van der Waals surface area contributed by atoms with E-state index in [4.69, 9.17) is 30.2 Å². The largest absolute Gasteiger partial charge is 0.481 e. The molecule has 38 nitrogen and oxygen atoms in total. The predicted octanol–water partition coefficient (Wildman–Crippen LogP) is 4.66. The first-order chi connectivity index (χ1) is 58.8. The van der Waals surface area contributed by atoms with Crippen molar-refractivity contribution in [3.63, 3.8) is 0 Å². The predicted molar refractivity (Wildman–Crippen MR) is 480 cm³/mol. The van der Waals surface area contributed by atoms with Crippen molar-refractivity contribution in [1.82, 2.24) is 83.4 Å². The molecule has 5 saturated heterocycles. The van der Waals surface area contributed by atoms with Gasteiger partial charge in [0.05, 0.1) is 23.8 Å². The summed E-state index contributed by atoms with van der Waals surface area (Å²) in [7, 11) is 9.85. The van der Waals surface area contributed by atoms with Gasteiger partial charge in [-0.2, -0.15) is 0 Å². The summed E-state index contributed by atoms with van der Waals surface area (Å²) in [5.74, 6) is -4.28. The molecule has 0 aromatic carbocycles. The van der Waals surface area contributed by atoms with Crippen LogP contribution in [0, 0.1) is 37.5 Å². The molecule has 40 heteroatoms. The summed E-state index contributed by atoms with van der Waals surface area (Å²) in [5, 5.41) is 50.5. The van der Waals surface area contributed by atoms with E-state index in [0.29, 0.717) is 102 Å². The Balaban J connectivity index is -0.00000149. The smallest absolute Gasteiger partial charge is 0.411 e. The molecular formula is C88H157N17O21W2-2. The van der Waals surface area contributed by atoms with Crippen molar-refractivity contribution in [3.8, 4) is 0 Å². The Labute approximate surface area is 788 Å².